The van der Waals surface area contributed by atoms with Crippen molar-refractivity contribution in [3.8, 4) is 0 Å². The van der Waals surface area contributed by atoms with E-state index in [1.807, 2.05) is 6.92 Å². The molecule has 0 spiro atoms. The van der Waals surface area contributed by atoms with Gasteiger partial charge in [-0.25, -0.2) is 0 Å². The number of oxime groups is 1. The number of carbonyl (C=O) groups is 2. The third-order valence-corrected chi connectivity index (χ3v) is 9.33. The highest BCUT2D eigenvalue weighted by molar-refractivity contribution is 7.18. The topological polar surface area (TPSA) is 88.0 Å². The van der Waals surface area contributed by atoms with Gasteiger partial charge in [0.05, 0.1) is 24.7 Å². The van der Waals surface area contributed by atoms with Gasteiger partial charge in [-0.05, 0) is 43.7 Å². The maximum atomic E-state index is 12.6. The normalized spacial score (nSPS) is 20.5. The van der Waals surface area contributed by atoms with E-state index in [0.717, 1.165) is 47.4 Å². The molecule has 4 rings (SSSR count). The minimum atomic E-state index is -1.08. The average molecular weight is 508 g/mol. The molecule has 2 aromatic rings. The van der Waals surface area contributed by atoms with Crippen molar-refractivity contribution >= 4 is 75.1 Å². The number of carboxylic acids is 1. The Bertz CT molecular complexity index is 1080. The van der Waals surface area contributed by atoms with Crippen LogP contribution in [0.25, 0.3) is 0 Å². The van der Waals surface area contributed by atoms with E-state index in [-0.39, 0.29) is 5.91 Å². The lowest BCUT2D eigenvalue weighted by Crippen LogP contribution is -2.29. The van der Waals surface area contributed by atoms with Gasteiger partial charge in [-0.15, -0.1) is 22.7 Å². The van der Waals surface area contributed by atoms with Gasteiger partial charge in [0, 0.05) is 6.42 Å². The summed E-state index contributed by atoms with van der Waals surface area (Å²) in [5.74, 6) is -1.45. The van der Waals surface area contributed by atoms with E-state index >= 15 is 0 Å². The van der Waals surface area contributed by atoms with Crippen LogP contribution >= 0.6 is 57.5 Å². The second-order valence-electron chi connectivity index (χ2n) is 7.37. The molecule has 1 aliphatic heterocycles. The molecule has 1 amide bonds. The van der Waals surface area contributed by atoms with Crippen LogP contribution in [0.1, 0.15) is 56.7 Å². The predicted octanol–water partition coefficient (Wildman–Crippen LogP) is 5.50. The largest absolute Gasteiger partial charge is 0.480 e. The van der Waals surface area contributed by atoms with Crippen molar-refractivity contribution in [2.75, 3.05) is 6.54 Å². The first-order chi connectivity index (χ1) is 14.2. The van der Waals surface area contributed by atoms with Crippen LogP contribution in [0.3, 0.4) is 0 Å². The lowest BCUT2D eigenvalue weighted by atomic mass is 9.89. The summed E-state index contributed by atoms with van der Waals surface area (Å²) >= 11 is 21.3. The number of thiophene rings is 2. The lowest BCUT2D eigenvalue weighted by molar-refractivity contribution is -0.135. The van der Waals surface area contributed by atoms with E-state index in [2.05, 4.69) is 10.5 Å². The molecule has 0 fully saturated rings. The molecule has 2 aliphatic rings. The van der Waals surface area contributed by atoms with E-state index in [4.69, 9.17) is 44.7 Å². The Hall–Kier alpha value is -1.32. The van der Waals surface area contributed by atoms with Gasteiger partial charge >= 0.3 is 5.97 Å². The minimum absolute atomic E-state index is 0.308. The number of hydrogen-bond acceptors (Lipinski definition) is 6. The number of nitrogens with one attached hydrogen (secondary N) is 1. The maximum Gasteiger partial charge on any atom is 0.322 e. The smallest absolute Gasteiger partial charge is 0.322 e. The molecular weight excluding hydrogens is 491 g/mol. The van der Waals surface area contributed by atoms with Crippen LogP contribution in [0.5, 0.6) is 0 Å². The number of fused-ring (bicyclic) bond motifs is 1. The van der Waals surface area contributed by atoms with Crippen molar-refractivity contribution in [2.45, 2.75) is 44.6 Å². The van der Waals surface area contributed by atoms with Gasteiger partial charge in [0.15, 0.2) is 5.60 Å². The summed E-state index contributed by atoms with van der Waals surface area (Å²) in [5.41, 5.74) is 2.03. The number of carboxylic acid groups (broad SMARTS) is 1. The van der Waals surface area contributed by atoms with Gasteiger partial charge in [-0.2, -0.15) is 0 Å². The van der Waals surface area contributed by atoms with Crippen molar-refractivity contribution in [2.24, 2.45) is 5.16 Å². The van der Waals surface area contributed by atoms with Crippen molar-refractivity contribution in [3.05, 3.63) is 40.1 Å². The fourth-order valence-corrected chi connectivity index (χ4v) is 7.06. The number of carbonyl (C=O) groups excluding carboxylic acids is 1. The van der Waals surface area contributed by atoms with E-state index < -0.39 is 18.1 Å². The van der Waals surface area contributed by atoms with Gasteiger partial charge < -0.3 is 15.3 Å². The Labute approximate surface area is 195 Å². The van der Waals surface area contributed by atoms with Gasteiger partial charge in [-0.1, -0.05) is 40.0 Å². The monoisotopic (exact) mass is 506 g/mol. The number of hydrogen-bond donors (Lipinski definition) is 2. The van der Waals surface area contributed by atoms with Crippen LogP contribution in [0, 0.1) is 0 Å². The first-order valence-electron chi connectivity index (χ1n) is 9.25. The Balaban J connectivity index is 1.65. The summed E-state index contributed by atoms with van der Waals surface area (Å²) in [6.45, 7) is 1.47. The highest BCUT2D eigenvalue weighted by Gasteiger charge is 2.42. The molecule has 1 aliphatic carbocycles. The Morgan fingerprint density at radius 2 is 1.87 bits per heavy atom. The molecule has 0 radical (unpaired) electrons. The molecule has 0 aromatic carbocycles. The molecule has 0 bridgehead atoms. The van der Waals surface area contributed by atoms with Crippen molar-refractivity contribution in [1.82, 2.24) is 5.32 Å². The fourth-order valence-electron chi connectivity index (χ4n) is 3.77. The second-order valence-corrected chi connectivity index (χ2v) is 10.8. The van der Waals surface area contributed by atoms with Crippen LogP contribution in [0.4, 0.5) is 0 Å². The lowest BCUT2D eigenvalue weighted by Gasteiger charge is -2.20. The predicted molar refractivity (Wildman–Crippen MR) is 120 cm³/mol. The first-order valence-corrected chi connectivity index (χ1v) is 12.0. The molecular formula is C19H17Cl3N2O4S2. The highest BCUT2D eigenvalue weighted by Crippen LogP contribution is 2.50. The third-order valence-electron chi connectivity index (χ3n) is 5.19. The van der Waals surface area contributed by atoms with Crippen LogP contribution < -0.4 is 5.32 Å². The zero-order valence-electron chi connectivity index (χ0n) is 15.8. The fraction of sp³-hybridized carbons (Fsp3) is 0.421. The zero-order chi connectivity index (χ0) is 21.6. The van der Waals surface area contributed by atoms with Crippen LogP contribution in [-0.4, -0.2) is 29.2 Å². The zero-order valence-corrected chi connectivity index (χ0v) is 19.7. The van der Waals surface area contributed by atoms with Crippen molar-refractivity contribution in [3.63, 3.8) is 0 Å². The van der Waals surface area contributed by atoms with Gasteiger partial charge in [0.2, 0.25) is 0 Å². The average Bonchev–Trinajstić information content (AvgIpc) is 3.37. The van der Waals surface area contributed by atoms with Gasteiger partial charge in [-0.3, -0.25) is 9.59 Å². The quantitative estimate of drug-likeness (QED) is 0.559. The SMILES string of the molecule is CC1(c2sc(Cl)c(Cl)c2Cl)CC(c2sc(C(=O)NCC(=O)O)c3c2CCCC3)=NO1. The van der Waals surface area contributed by atoms with Crippen molar-refractivity contribution in [1.29, 1.82) is 0 Å². The minimum Gasteiger partial charge on any atom is -0.480 e. The molecule has 3 heterocycles. The summed E-state index contributed by atoms with van der Waals surface area (Å²) in [6.07, 6.45) is 4.11. The Morgan fingerprint density at radius 1 is 1.17 bits per heavy atom. The standard InChI is InChI=1S/C19H17Cl3N2O4S2/c1-19(16-12(20)13(21)17(22)30-16)6-10(24-28-19)14-8-4-2-3-5-9(8)15(29-14)18(27)23-7-11(25)26/h2-7H2,1H3,(H,23,27)(H,25,26). The van der Waals surface area contributed by atoms with Crippen LogP contribution in [0.15, 0.2) is 5.16 Å². The molecule has 0 saturated carbocycles. The molecule has 0 saturated heterocycles. The Kier molecular flexibility index (Phi) is 6.07. The number of amides is 1. The number of rotatable bonds is 5. The molecule has 1 atom stereocenters. The molecule has 6 nitrogen and oxygen atoms in total. The van der Waals surface area contributed by atoms with E-state index in [1.54, 1.807) is 0 Å². The number of nitrogens with zero attached hydrogens (tertiary/aromatic N) is 1. The summed E-state index contributed by atoms with van der Waals surface area (Å²) in [6, 6.07) is 0. The molecule has 160 valence electrons. The summed E-state index contributed by atoms with van der Waals surface area (Å²) in [4.78, 5) is 31.4. The summed E-state index contributed by atoms with van der Waals surface area (Å²) < 4.78 is 0.404. The molecule has 11 heteroatoms. The molecule has 30 heavy (non-hydrogen) atoms. The maximum absolute atomic E-state index is 12.6. The van der Waals surface area contributed by atoms with Crippen LogP contribution in [-0.2, 0) is 28.1 Å². The summed E-state index contributed by atoms with van der Waals surface area (Å²) in [5, 5.41) is 16.3. The van der Waals surface area contributed by atoms with E-state index in [1.165, 1.54) is 22.7 Å². The number of halogens is 3. The molecule has 2 aromatic heterocycles. The second kappa shape index (κ2) is 8.31. The first kappa shape index (κ1) is 21.9. The summed E-state index contributed by atoms with van der Waals surface area (Å²) in [7, 11) is 0. The van der Waals surface area contributed by atoms with Crippen molar-refractivity contribution < 1.29 is 19.5 Å². The molecule has 1 unspecified atom stereocenters. The highest BCUT2D eigenvalue weighted by atomic mass is 35.5. The number of aliphatic carboxylic acids is 1. The van der Waals surface area contributed by atoms with Gasteiger partial charge in [0.1, 0.15) is 16.6 Å². The van der Waals surface area contributed by atoms with E-state index in [9.17, 15) is 9.59 Å². The van der Waals surface area contributed by atoms with E-state index in [0.29, 0.717) is 30.6 Å². The third kappa shape index (κ3) is 3.84. The molecule has 2 N–H and O–H groups in total. The Morgan fingerprint density at radius 3 is 2.50 bits per heavy atom. The van der Waals surface area contributed by atoms with Gasteiger partial charge in [0.25, 0.3) is 5.91 Å². The van der Waals surface area contributed by atoms with Crippen LogP contribution in [0.2, 0.25) is 14.4 Å².